The summed E-state index contributed by atoms with van der Waals surface area (Å²) >= 11 is 3.46. The highest BCUT2D eigenvalue weighted by Gasteiger charge is 2.18. The monoisotopic (exact) mass is 405 g/mol. The Morgan fingerprint density at radius 2 is 2.08 bits per heavy atom. The maximum atomic E-state index is 13.0. The number of amides is 1. The summed E-state index contributed by atoms with van der Waals surface area (Å²) in [7, 11) is 1.72. The van der Waals surface area contributed by atoms with Gasteiger partial charge < -0.3 is 4.90 Å². The summed E-state index contributed by atoms with van der Waals surface area (Å²) in [6.45, 7) is 3.13. The normalized spacial score (nSPS) is 10.9. The number of nitrogens with one attached hydrogen (secondary N) is 1. The molecule has 0 bridgehead atoms. The van der Waals surface area contributed by atoms with Crippen LogP contribution in [0.15, 0.2) is 41.0 Å². The van der Waals surface area contributed by atoms with Crippen LogP contribution in [0.5, 0.6) is 0 Å². The third-order valence-electron chi connectivity index (χ3n) is 3.88. The third kappa shape index (κ3) is 3.63. The van der Waals surface area contributed by atoms with Crippen LogP contribution >= 0.6 is 15.9 Å². The summed E-state index contributed by atoms with van der Waals surface area (Å²) < 4.78 is 15.7. The molecule has 3 aromatic rings. The second-order valence-electron chi connectivity index (χ2n) is 5.59. The number of aryl methyl sites for hydroxylation is 1. The Balaban J connectivity index is 1.76. The maximum absolute atomic E-state index is 13.0. The lowest BCUT2D eigenvalue weighted by Gasteiger charge is -2.17. The zero-order valence-electron chi connectivity index (χ0n) is 13.8. The highest BCUT2D eigenvalue weighted by molar-refractivity contribution is 9.10. The number of carbonyl (C=O) groups is 1. The molecule has 0 aliphatic heterocycles. The molecule has 0 unspecified atom stereocenters. The van der Waals surface area contributed by atoms with Gasteiger partial charge in [-0.3, -0.25) is 14.6 Å². The average molecular weight is 406 g/mol. The van der Waals surface area contributed by atoms with Gasteiger partial charge in [0.05, 0.1) is 28.6 Å². The standard InChI is InChI=1S/C17H17BrFN5O/c1-3-24-16(13(18)9-20-24)10-23(2)17(25)15-8-14(21-22-15)11-4-6-12(19)7-5-11/h4-9H,3,10H2,1-2H3,(H,21,22). The average Bonchev–Trinajstić information content (AvgIpc) is 3.23. The number of H-pyrrole nitrogens is 1. The molecule has 0 aliphatic carbocycles. The smallest absolute Gasteiger partial charge is 0.271 e. The number of benzene rings is 1. The van der Waals surface area contributed by atoms with Gasteiger partial charge in [0.25, 0.3) is 5.91 Å². The van der Waals surface area contributed by atoms with Gasteiger partial charge in [-0.05, 0) is 53.2 Å². The molecule has 1 N–H and O–H groups in total. The summed E-state index contributed by atoms with van der Waals surface area (Å²) in [5, 5.41) is 11.2. The summed E-state index contributed by atoms with van der Waals surface area (Å²) in [5.74, 6) is -0.495. The molecular weight excluding hydrogens is 389 g/mol. The predicted molar refractivity (Wildman–Crippen MR) is 95.4 cm³/mol. The first-order valence-electron chi connectivity index (χ1n) is 7.76. The molecule has 1 amide bonds. The Morgan fingerprint density at radius 1 is 1.36 bits per heavy atom. The zero-order valence-corrected chi connectivity index (χ0v) is 15.4. The molecule has 8 heteroatoms. The van der Waals surface area contributed by atoms with E-state index in [1.807, 2.05) is 11.6 Å². The Morgan fingerprint density at radius 3 is 2.76 bits per heavy atom. The van der Waals surface area contributed by atoms with Gasteiger partial charge in [0, 0.05) is 19.2 Å². The van der Waals surface area contributed by atoms with Crippen LogP contribution in [-0.2, 0) is 13.1 Å². The molecule has 0 saturated carbocycles. The number of rotatable bonds is 5. The van der Waals surface area contributed by atoms with Crippen LogP contribution in [0.25, 0.3) is 11.3 Å². The van der Waals surface area contributed by atoms with E-state index in [0.29, 0.717) is 17.9 Å². The summed E-state index contributed by atoms with van der Waals surface area (Å²) in [4.78, 5) is 14.2. The number of aromatic amines is 1. The first kappa shape index (κ1) is 17.3. The van der Waals surface area contributed by atoms with E-state index < -0.39 is 0 Å². The second-order valence-corrected chi connectivity index (χ2v) is 6.44. The predicted octanol–water partition coefficient (Wildman–Crippen LogP) is 3.47. The molecule has 25 heavy (non-hydrogen) atoms. The van der Waals surface area contributed by atoms with E-state index in [4.69, 9.17) is 0 Å². The van der Waals surface area contributed by atoms with Gasteiger partial charge in [0.1, 0.15) is 11.5 Å². The molecule has 1 aromatic carbocycles. The lowest BCUT2D eigenvalue weighted by atomic mass is 10.1. The van der Waals surface area contributed by atoms with Crippen LogP contribution in [0.1, 0.15) is 23.1 Å². The minimum Gasteiger partial charge on any atom is -0.334 e. The van der Waals surface area contributed by atoms with Crippen LogP contribution in [0.3, 0.4) is 0 Å². The van der Waals surface area contributed by atoms with E-state index in [1.165, 1.54) is 12.1 Å². The largest absolute Gasteiger partial charge is 0.334 e. The molecule has 0 aliphatic rings. The van der Waals surface area contributed by atoms with Crippen molar-refractivity contribution in [2.75, 3.05) is 7.05 Å². The van der Waals surface area contributed by atoms with Crippen molar-refractivity contribution in [1.82, 2.24) is 24.9 Å². The molecule has 6 nitrogen and oxygen atoms in total. The lowest BCUT2D eigenvalue weighted by Crippen LogP contribution is -2.28. The van der Waals surface area contributed by atoms with Crippen molar-refractivity contribution in [3.05, 3.63) is 58.2 Å². The lowest BCUT2D eigenvalue weighted by molar-refractivity contribution is 0.0775. The Kier molecular flexibility index (Phi) is 4.98. The Hall–Kier alpha value is -2.48. The molecular formula is C17H17BrFN5O. The second kappa shape index (κ2) is 7.18. The zero-order chi connectivity index (χ0) is 18.0. The fraction of sp³-hybridized carbons (Fsp3) is 0.235. The Bertz CT molecular complexity index is 887. The van der Waals surface area contributed by atoms with Gasteiger partial charge in [0.15, 0.2) is 0 Å². The summed E-state index contributed by atoms with van der Waals surface area (Å²) in [6.07, 6.45) is 1.72. The molecule has 0 atom stereocenters. The number of nitrogens with zero attached hydrogens (tertiary/aromatic N) is 4. The minimum atomic E-state index is -0.312. The van der Waals surface area contributed by atoms with Crippen molar-refractivity contribution in [2.24, 2.45) is 0 Å². The molecule has 0 radical (unpaired) electrons. The number of halogens is 2. The number of hydrogen-bond acceptors (Lipinski definition) is 3. The van der Waals surface area contributed by atoms with Crippen LogP contribution in [0.4, 0.5) is 4.39 Å². The van der Waals surface area contributed by atoms with Gasteiger partial charge in [-0.2, -0.15) is 10.2 Å². The molecule has 3 rings (SSSR count). The van der Waals surface area contributed by atoms with Crippen LogP contribution < -0.4 is 0 Å². The topological polar surface area (TPSA) is 66.8 Å². The Labute approximate surface area is 152 Å². The van der Waals surface area contributed by atoms with Crippen molar-refractivity contribution in [3.63, 3.8) is 0 Å². The molecule has 0 spiro atoms. The molecule has 0 fully saturated rings. The van der Waals surface area contributed by atoms with Gasteiger partial charge in [-0.1, -0.05) is 0 Å². The van der Waals surface area contributed by atoms with Crippen LogP contribution in [-0.4, -0.2) is 37.8 Å². The van der Waals surface area contributed by atoms with Crippen molar-refractivity contribution >= 4 is 21.8 Å². The van der Waals surface area contributed by atoms with Crippen molar-refractivity contribution in [1.29, 1.82) is 0 Å². The first-order valence-corrected chi connectivity index (χ1v) is 8.56. The molecule has 2 heterocycles. The molecule has 130 valence electrons. The van der Waals surface area contributed by atoms with Gasteiger partial charge in [-0.25, -0.2) is 4.39 Å². The van der Waals surface area contributed by atoms with Crippen molar-refractivity contribution in [3.8, 4) is 11.3 Å². The third-order valence-corrected chi connectivity index (χ3v) is 4.54. The highest BCUT2D eigenvalue weighted by atomic mass is 79.9. The van der Waals surface area contributed by atoms with Crippen molar-refractivity contribution < 1.29 is 9.18 Å². The maximum Gasteiger partial charge on any atom is 0.271 e. The molecule has 0 saturated heterocycles. The van der Waals surface area contributed by atoms with Gasteiger partial charge >= 0.3 is 0 Å². The summed E-state index contributed by atoms with van der Waals surface area (Å²) in [6, 6.07) is 7.64. The summed E-state index contributed by atoms with van der Waals surface area (Å²) in [5.41, 5.74) is 2.64. The van der Waals surface area contributed by atoms with E-state index in [1.54, 1.807) is 36.3 Å². The number of aromatic nitrogens is 4. The number of carbonyl (C=O) groups excluding carboxylic acids is 1. The van der Waals surface area contributed by atoms with Crippen LogP contribution in [0, 0.1) is 5.82 Å². The fourth-order valence-electron chi connectivity index (χ4n) is 2.52. The van der Waals surface area contributed by atoms with E-state index in [-0.39, 0.29) is 11.7 Å². The van der Waals surface area contributed by atoms with E-state index in [9.17, 15) is 9.18 Å². The fourth-order valence-corrected chi connectivity index (χ4v) is 2.94. The van der Waals surface area contributed by atoms with Crippen molar-refractivity contribution in [2.45, 2.75) is 20.0 Å². The van der Waals surface area contributed by atoms with Gasteiger partial charge in [0.2, 0.25) is 0 Å². The first-order chi connectivity index (χ1) is 12.0. The van der Waals surface area contributed by atoms with E-state index in [0.717, 1.165) is 22.3 Å². The van der Waals surface area contributed by atoms with E-state index >= 15 is 0 Å². The minimum absolute atomic E-state index is 0.184. The van der Waals surface area contributed by atoms with E-state index in [2.05, 4.69) is 31.2 Å². The number of hydrogen-bond donors (Lipinski definition) is 1. The highest BCUT2D eigenvalue weighted by Crippen LogP contribution is 2.21. The molecule has 2 aromatic heterocycles. The SMILES string of the molecule is CCn1ncc(Br)c1CN(C)C(=O)c1cc(-c2ccc(F)cc2)n[nH]1. The van der Waals surface area contributed by atoms with Crippen LogP contribution in [0.2, 0.25) is 0 Å². The quantitative estimate of drug-likeness (QED) is 0.706. The van der Waals surface area contributed by atoms with Gasteiger partial charge in [-0.15, -0.1) is 0 Å².